The van der Waals surface area contributed by atoms with Gasteiger partial charge in [0.2, 0.25) is 0 Å². The van der Waals surface area contributed by atoms with Gasteiger partial charge in [0.25, 0.3) is 5.69 Å². The lowest BCUT2D eigenvalue weighted by atomic mass is 10.2. The summed E-state index contributed by atoms with van der Waals surface area (Å²) in [5, 5.41) is 19.2. The molecular weight excluding hydrogens is 300 g/mol. The van der Waals surface area contributed by atoms with Gasteiger partial charge in [0.1, 0.15) is 12.4 Å². The van der Waals surface area contributed by atoms with Crippen molar-refractivity contribution in [2.45, 2.75) is 6.61 Å². The summed E-state index contributed by atoms with van der Waals surface area (Å²) in [6.45, 7) is -0.258. The fourth-order valence-electron chi connectivity index (χ4n) is 1.69. The monoisotopic (exact) mass is 312 g/mol. The van der Waals surface area contributed by atoms with E-state index in [1.54, 1.807) is 24.3 Å². The number of ether oxygens (including phenoxy) is 2. The lowest BCUT2D eigenvalue weighted by molar-refractivity contribution is -0.384. The summed E-state index contributed by atoms with van der Waals surface area (Å²) >= 11 is 0. The molecule has 0 aliphatic rings. The fraction of sp³-hybridized carbons (Fsp3) is 0.125. The van der Waals surface area contributed by atoms with E-state index in [0.717, 1.165) is 0 Å². The Hall–Kier alpha value is -3.40. The number of nitriles is 1. The highest BCUT2D eigenvalue weighted by molar-refractivity contribution is 5.71. The molecule has 0 spiro atoms. The van der Waals surface area contributed by atoms with Gasteiger partial charge in [-0.2, -0.15) is 5.26 Å². The van der Waals surface area contributed by atoms with Gasteiger partial charge >= 0.3 is 5.97 Å². The second-order valence-corrected chi connectivity index (χ2v) is 4.51. The third kappa shape index (κ3) is 4.82. The molecule has 0 saturated heterocycles. The number of esters is 1. The normalized spacial score (nSPS) is 9.70. The number of nitro groups is 1. The van der Waals surface area contributed by atoms with Gasteiger partial charge in [0.05, 0.1) is 16.6 Å². The first kappa shape index (κ1) is 16.0. The van der Waals surface area contributed by atoms with Crippen LogP contribution in [0.1, 0.15) is 11.1 Å². The first-order valence-electron chi connectivity index (χ1n) is 6.60. The molecule has 0 aliphatic carbocycles. The Morgan fingerprint density at radius 1 is 1.13 bits per heavy atom. The lowest BCUT2D eigenvalue weighted by Gasteiger charge is -2.07. The van der Waals surface area contributed by atoms with Crippen LogP contribution in [-0.4, -0.2) is 17.5 Å². The molecule has 0 heterocycles. The Kier molecular flexibility index (Phi) is 5.25. The van der Waals surface area contributed by atoms with Gasteiger partial charge in [-0.25, -0.2) is 4.79 Å². The zero-order valence-electron chi connectivity index (χ0n) is 12.0. The molecule has 0 amide bonds. The Bertz CT molecular complexity index is 733. The molecule has 0 N–H and O–H groups in total. The van der Waals surface area contributed by atoms with Crippen molar-refractivity contribution in [1.29, 1.82) is 5.26 Å². The Labute approximate surface area is 131 Å². The molecule has 0 fully saturated rings. The highest BCUT2D eigenvalue weighted by Crippen LogP contribution is 2.13. The second-order valence-electron chi connectivity index (χ2n) is 4.51. The van der Waals surface area contributed by atoms with Crippen LogP contribution >= 0.6 is 0 Å². The minimum Gasteiger partial charge on any atom is -0.482 e. The van der Waals surface area contributed by atoms with Gasteiger partial charge in [-0.05, 0) is 42.0 Å². The molecule has 0 aromatic heterocycles. The van der Waals surface area contributed by atoms with Gasteiger partial charge in [-0.15, -0.1) is 0 Å². The molecule has 7 nitrogen and oxygen atoms in total. The minimum atomic E-state index is -0.562. The van der Waals surface area contributed by atoms with Crippen LogP contribution in [0.5, 0.6) is 5.75 Å². The minimum absolute atomic E-state index is 0.00750. The molecule has 0 atom stereocenters. The van der Waals surface area contributed by atoms with E-state index >= 15 is 0 Å². The molecule has 23 heavy (non-hydrogen) atoms. The van der Waals surface area contributed by atoms with E-state index in [2.05, 4.69) is 0 Å². The SMILES string of the molecule is N#Cc1ccc(OCC(=O)OCc2ccc([N+](=O)[O-])cc2)cc1. The van der Waals surface area contributed by atoms with Crippen LogP contribution in [0.3, 0.4) is 0 Å². The summed E-state index contributed by atoms with van der Waals surface area (Å²) in [6.07, 6.45) is 0. The van der Waals surface area contributed by atoms with Crippen molar-refractivity contribution in [3.8, 4) is 11.8 Å². The number of non-ortho nitro benzene ring substituents is 1. The maximum atomic E-state index is 11.6. The Morgan fingerprint density at radius 3 is 2.35 bits per heavy atom. The Morgan fingerprint density at radius 2 is 1.78 bits per heavy atom. The number of nitrogens with zero attached hydrogens (tertiary/aromatic N) is 2. The molecule has 0 saturated carbocycles. The van der Waals surface area contributed by atoms with E-state index < -0.39 is 10.9 Å². The molecule has 2 aromatic rings. The number of benzene rings is 2. The van der Waals surface area contributed by atoms with E-state index in [1.807, 2.05) is 6.07 Å². The summed E-state index contributed by atoms with van der Waals surface area (Å²) in [5.41, 5.74) is 1.12. The molecule has 0 unspecified atom stereocenters. The van der Waals surface area contributed by atoms with Crippen molar-refractivity contribution in [3.63, 3.8) is 0 Å². The van der Waals surface area contributed by atoms with Crippen LogP contribution < -0.4 is 4.74 Å². The number of nitro benzene ring substituents is 1. The smallest absolute Gasteiger partial charge is 0.344 e. The average Bonchev–Trinajstić information content (AvgIpc) is 2.59. The molecule has 2 rings (SSSR count). The number of carbonyl (C=O) groups excluding carboxylic acids is 1. The van der Waals surface area contributed by atoms with Crippen LogP contribution in [0.15, 0.2) is 48.5 Å². The van der Waals surface area contributed by atoms with Gasteiger partial charge in [0, 0.05) is 12.1 Å². The highest BCUT2D eigenvalue weighted by atomic mass is 16.6. The fourth-order valence-corrected chi connectivity index (χ4v) is 1.69. The summed E-state index contributed by atoms with van der Waals surface area (Å²) in [5.74, 6) is -0.107. The zero-order valence-corrected chi connectivity index (χ0v) is 12.0. The van der Waals surface area contributed by atoms with E-state index in [4.69, 9.17) is 14.7 Å². The summed E-state index contributed by atoms with van der Waals surface area (Å²) < 4.78 is 10.2. The van der Waals surface area contributed by atoms with E-state index in [-0.39, 0.29) is 18.9 Å². The van der Waals surface area contributed by atoms with Crippen LogP contribution in [0.4, 0.5) is 5.69 Å². The number of carbonyl (C=O) groups is 1. The summed E-state index contributed by atoms with van der Waals surface area (Å²) in [7, 11) is 0. The first-order valence-corrected chi connectivity index (χ1v) is 6.60. The second kappa shape index (κ2) is 7.56. The van der Waals surface area contributed by atoms with Crippen molar-refractivity contribution in [1.82, 2.24) is 0 Å². The standard InChI is InChI=1S/C16H12N2O5/c17-9-12-3-7-15(8-4-12)22-11-16(19)23-10-13-1-5-14(6-2-13)18(20)21/h1-8H,10-11H2. The predicted octanol–water partition coefficient (Wildman–Crippen LogP) is 2.59. The van der Waals surface area contributed by atoms with E-state index in [0.29, 0.717) is 16.9 Å². The molecule has 0 radical (unpaired) electrons. The third-order valence-corrected chi connectivity index (χ3v) is 2.89. The largest absolute Gasteiger partial charge is 0.482 e. The van der Waals surface area contributed by atoms with Gasteiger partial charge in [-0.1, -0.05) is 0 Å². The molecule has 2 aromatic carbocycles. The molecular formula is C16H12N2O5. The summed E-state index contributed by atoms with van der Waals surface area (Å²) in [6, 6.07) is 14.0. The van der Waals surface area contributed by atoms with Crippen molar-refractivity contribution in [2.75, 3.05) is 6.61 Å². The van der Waals surface area contributed by atoms with Crippen molar-refractivity contribution in [3.05, 3.63) is 69.8 Å². The lowest BCUT2D eigenvalue weighted by Crippen LogP contribution is -2.14. The molecule has 7 heteroatoms. The maximum Gasteiger partial charge on any atom is 0.344 e. The van der Waals surface area contributed by atoms with E-state index in [9.17, 15) is 14.9 Å². The highest BCUT2D eigenvalue weighted by Gasteiger charge is 2.07. The average molecular weight is 312 g/mol. The van der Waals surface area contributed by atoms with Crippen molar-refractivity contribution >= 4 is 11.7 Å². The predicted molar refractivity (Wildman–Crippen MR) is 79.5 cm³/mol. The van der Waals surface area contributed by atoms with Crippen molar-refractivity contribution < 1.29 is 19.2 Å². The van der Waals surface area contributed by atoms with Gasteiger partial charge in [0.15, 0.2) is 6.61 Å². The van der Waals surface area contributed by atoms with Gasteiger partial charge < -0.3 is 9.47 Å². The molecule has 116 valence electrons. The third-order valence-electron chi connectivity index (χ3n) is 2.89. The molecule has 0 bridgehead atoms. The van der Waals surface area contributed by atoms with E-state index in [1.165, 1.54) is 24.3 Å². The zero-order chi connectivity index (χ0) is 16.7. The topological polar surface area (TPSA) is 102 Å². The van der Waals surface area contributed by atoms with Crippen LogP contribution in [0.25, 0.3) is 0 Å². The maximum absolute atomic E-state index is 11.6. The quantitative estimate of drug-likeness (QED) is 0.461. The van der Waals surface area contributed by atoms with Crippen LogP contribution in [-0.2, 0) is 16.1 Å². The number of hydrogen-bond donors (Lipinski definition) is 0. The van der Waals surface area contributed by atoms with Gasteiger partial charge in [-0.3, -0.25) is 10.1 Å². The van der Waals surface area contributed by atoms with Crippen LogP contribution in [0.2, 0.25) is 0 Å². The number of hydrogen-bond acceptors (Lipinski definition) is 6. The molecule has 0 aliphatic heterocycles. The van der Waals surface area contributed by atoms with Crippen molar-refractivity contribution in [2.24, 2.45) is 0 Å². The van der Waals surface area contributed by atoms with Crippen LogP contribution in [0, 0.1) is 21.4 Å². The summed E-state index contributed by atoms with van der Waals surface area (Å²) in [4.78, 5) is 21.6. The Balaban J connectivity index is 1.78. The number of rotatable bonds is 6. The first-order chi connectivity index (χ1) is 11.1.